The standard InChI is InChI=1S/C12H13Cl2NO/c1-4-12(2,3)15-11(16)8-5-9(13)7-10(14)6-8/h4-7H,1H2,2-3H3,(H,15,16). The average molecular weight is 258 g/mol. The molecule has 2 nitrogen and oxygen atoms in total. The highest BCUT2D eigenvalue weighted by Gasteiger charge is 2.17. The Bertz CT molecular complexity index is 407. The SMILES string of the molecule is C=CC(C)(C)NC(=O)c1cc(Cl)cc(Cl)c1. The lowest BCUT2D eigenvalue weighted by atomic mass is 10.1. The fourth-order valence-corrected chi connectivity index (χ4v) is 1.63. The zero-order chi connectivity index (χ0) is 12.3. The molecule has 86 valence electrons. The maximum atomic E-state index is 11.8. The van der Waals surface area contributed by atoms with E-state index in [4.69, 9.17) is 23.2 Å². The molecule has 0 fully saturated rings. The van der Waals surface area contributed by atoms with Gasteiger partial charge >= 0.3 is 0 Å². The van der Waals surface area contributed by atoms with E-state index in [1.807, 2.05) is 13.8 Å². The lowest BCUT2D eigenvalue weighted by Crippen LogP contribution is -2.41. The smallest absolute Gasteiger partial charge is 0.252 e. The van der Waals surface area contributed by atoms with Crippen LogP contribution in [0.5, 0.6) is 0 Å². The Morgan fingerprint density at radius 3 is 2.25 bits per heavy atom. The number of nitrogens with one attached hydrogen (secondary N) is 1. The van der Waals surface area contributed by atoms with Crippen molar-refractivity contribution >= 4 is 29.1 Å². The minimum absolute atomic E-state index is 0.227. The van der Waals surface area contributed by atoms with Crippen molar-refractivity contribution in [3.05, 3.63) is 46.5 Å². The quantitative estimate of drug-likeness (QED) is 0.823. The predicted molar refractivity (Wildman–Crippen MR) is 68.2 cm³/mol. The van der Waals surface area contributed by atoms with Gasteiger partial charge in [-0.25, -0.2) is 0 Å². The highest BCUT2D eigenvalue weighted by Crippen LogP contribution is 2.19. The number of benzene rings is 1. The third kappa shape index (κ3) is 3.54. The van der Waals surface area contributed by atoms with E-state index < -0.39 is 5.54 Å². The molecule has 0 aromatic heterocycles. The van der Waals surface area contributed by atoms with Crippen LogP contribution in [-0.4, -0.2) is 11.4 Å². The fraction of sp³-hybridized carbons (Fsp3) is 0.250. The zero-order valence-electron chi connectivity index (χ0n) is 9.18. The first-order chi connectivity index (χ1) is 7.34. The second kappa shape index (κ2) is 4.89. The zero-order valence-corrected chi connectivity index (χ0v) is 10.7. The molecule has 0 aliphatic heterocycles. The van der Waals surface area contributed by atoms with E-state index >= 15 is 0 Å². The van der Waals surface area contributed by atoms with Gasteiger partial charge in [-0.1, -0.05) is 29.3 Å². The third-order valence-corrected chi connectivity index (χ3v) is 2.51. The largest absolute Gasteiger partial charge is 0.344 e. The second-order valence-electron chi connectivity index (χ2n) is 4.04. The molecule has 1 rings (SSSR count). The van der Waals surface area contributed by atoms with E-state index in [1.54, 1.807) is 24.3 Å². The molecule has 0 aliphatic rings. The molecule has 1 N–H and O–H groups in total. The molecule has 0 aliphatic carbocycles. The summed E-state index contributed by atoms with van der Waals surface area (Å²) in [5.74, 6) is -0.227. The topological polar surface area (TPSA) is 29.1 Å². The number of halogens is 2. The molecule has 0 radical (unpaired) electrons. The Hall–Kier alpha value is -0.990. The van der Waals surface area contributed by atoms with Gasteiger partial charge in [0.25, 0.3) is 5.91 Å². The molecule has 1 aromatic rings. The molecule has 0 atom stereocenters. The number of hydrogen-bond donors (Lipinski definition) is 1. The van der Waals surface area contributed by atoms with Crippen molar-refractivity contribution in [1.82, 2.24) is 5.32 Å². The monoisotopic (exact) mass is 257 g/mol. The summed E-state index contributed by atoms with van der Waals surface area (Å²) in [4.78, 5) is 11.8. The number of amides is 1. The van der Waals surface area contributed by atoms with Gasteiger partial charge in [0.05, 0.1) is 5.54 Å². The van der Waals surface area contributed by atoms with E-state index in [0.717, 1.165) is 0 Å². The van der Waals surface area contributed by atoms with E-state index in [9.17, 15) is 4.79 Å². The van der Waals surface area contributed by atoms with Crippen molar-refractivity contribution in [2.24, 2.45) is 0 Å². The Balaban J connectivity index is 2.93. The van der Waals surface area contributed by atoms with Crippen molar-refractivity contribution in [2.75, 3.05) is 0 Å². The molecule has 0 spiro atoms. The van der Waals surface area contributed by atoms with E-state index in [-0.39, 0.29) is 5.91 Å². The summed E-state index contributed by atoms with van der Waals surface area (Å²) in [6.45, 7) is 7.35. The Kier molecular flexibility index (Phi) is 4.00. The molecular weight excluding hydrogens is 245 g/mol. The van der Waals surface area contributed by atoms with Gasteiger partial charge in [0.2, 0.25) is 0 Å². The van der Waals surface area contributed by atoms with Crippen molar-refractivity contribution < 1.29 is 4.79 Å². The van der Waals surface area contributed by atoms with Gasteiger partial charge < -0.3 is 5.32 Å². The van der Waals surface area contributed by atoms with E-state index in [2.05, 4.69) is 11.9 Å². The average Bonchev–Trinajstić information content (AvgIpc) is 2.15. The predicted octanol–water partition coefficient (Wildman–Crippen LogP) is 3.69. The summed E-state index contributed by atoms with van der Waals surface area (Å²) in [6, 6.07) is 4.72. The van der Waals surface area contributed by atoms with Crippen LogP contribution >= 0.6 is 23.2 Å². The first kappa shape index (κ1) is 13.1. The lowest BCUT2D eigenvalue weighted by molar-refractivity contribution is 0.0927. The number of carbonyl (C=O) groups excluding carboxylic acids is 1. The van der Waals surface area contributed by atoms with Crippen LogP contribution < -0.4 is 5.32 Å². The number of rotatable bonds is 3. The van der Waals surface area contributed by atoms with E-state index in [1.165, 1.54) is 0 Å². The minimum Gasteiger partial charge on any atom is -0.344 e. The minimum atomic E-state index is -0.466. The van der Waals surface area contributed by atoms with Crippen molar-refractivity contribution in [3.8, 4) is 0 Å². The molecule has 0 bridgehead atoms. The summed E-state index contributed by atoms with van der Waals surface area (Å²) in [5, 5.41) is 3.68. The van der Waals surface area contributed by atoms with E-state index in [0.29, 0.717) is 15.6 Å². The molecule has 1 aromatic carbocycles. The molecule has 0 saturated carbocycles. The molecule has 4 heteroatoms. The van der Waals surface area contributed by atoms with Gasteiger partial charge in [-0.15, -0.1) is 6.58 Å². The normalized spacial score (nSPS) is 11.0. The highest BCUT2D eigenvalue weighted by atomic mass is 35.5. The van der Waals surface area contributed by atoms with Crippen molar-refractivity contribution in [3.63, 3.8) is 0 Å². The summed E-state index contributed by atoms with van der Waals surface area (Å²) < 4.78 is 0. The Labute approximate surface area is 105 Å². The van der Waals surface area contributed by atoms with Crippen LogP contribution in [0.2, 0.25) is 10.0 Å². The summed E-state index contributed by atoms with van der Waals surface area (Å²) in [5.41, 5.74) is -0.0290. The second-order valence-corrected chi connectivity index (χ2v) is 4.91. The first-order valence-electron chi connectivity index (χ1n) is 4.76. The Morgan fingerprint density at radius 1 is 1.31 bits per heavy atom. The summed E-state index contributed by atoms with van der Waals surface area (Å²) in [7, 11) is 0. The van der Waals surface area contributed by atoms with Gasteiger partial charge in [0, 0.05) is 15.6 Å². The molecular formula is C12H13Cl2NO. The third-order valence-electron chi connectivity index (χ3n) is 2.07. The van der Waals surface area contributed by atoms with Crippen LogP contribution in [0.15, 0.2) is 30.9 Å². The van der Waals surface area contributed by atoms with Crippen LogP contribution in [0.4, 0.5) is 0 Å². The number of hydrogen-bond acceptors (Lipinski definition) is 1. The maximum Gasteiger partial charge on any atom is 0.252 e. The molecule has 1 amide bonds. The van der Waals surface area contributed by atoms with Crippen molar-refractivity contribution in [2.45, 2.75) is 19.4 Å². The van der Waals surface area contributed by atoms with Crippen LogP contribution in [-0.2, 0) is 0 Å². The van der Waals surface area contributed by atoms with Crippen LogP contribution in [0.3, 0.4) is 0 Å². The van der Waals surface area contributed by atoms with Gasteiger partial charge in [-0.3, -0.25) is 4.79 Å². The van der Waals surface area contributed by atoms with Gasteiger partial charge in [0.1, 0.15) is 0 Å². The maximum absolute atomic E-state index is 11.8. The van der Waals surface area contributed by atoms with Crippen LogP contribution in [0.1, 0.15) is 24.2 Å². The van der Waals surface area contributed by atoms with Crippen molar-refractivity contribution in [1.29, 1.82) is 0 Å². The summed E-state index contributed by atoms with van der Waals surface area (Å²) in [6.07, 6.45) is 1.66. The highest BCUT2D eigenvalue weighted by molar-refractivity contribution is 6.35. The summed E-state index contributed by atoms with van der Waals surface area (Å²) >= 11 is 11.6. The number of carbonyl (C=O) groups is 1. The van der Waals surface area contributed by atoms with Gasteiger partial charge in [0.15, 0.2) is 0 Å². The molecule has 0 unspecified atom stereocenters. The molecule has 0 heterocycles. The lowest BCUT2D eigenvalue weighted by Gasteiger charge is -2.21. The van der Waals surface area contributed by atoms with Gasteiger partial charge in [-0.2, -0.15) is 0 Å². The van der Waals surface area contributed by atoms with Gasteiger partial charge in [-0.05, 0) is 32.0 Å². The fourth-order valence-electron chi connectivity index (χ4n) is 1.10. The Morgan fingerprint density at radius 2 is 1.81 bits per heavy atom. The van der Waals surface area contributed by atoms with Crippen LogP contribution in [0.25, 0.3) is 0 Å². The first-order valence-corrected chi connectivity index (χ1v) is 5.52. The molecule has 0 saturated heterocycles. The molecule has 16 heavy (non-hydrogen) atoms. The van der Waals surface area contributed by atoms with Crippen LogP contribution in [0, 0.1) is 0 Å².